The van der Waals surface area contributed by atoms with E-state index in [2.05, 4.69) is 14.5 Å². The third-order valence-corrected chi connectivity index (χ3v) is 4.72. The van der Waals surface area contributed by atoms with Crippen molar-refractivity contribution in [1.29, 1.82) is 0 Å². The van der Waals surface area contributed by atoms with Crippen LogP contribution >= 0.6 is 11.8 Å². The molecule has 0 saturated heterocycles. The van der Waals surface area contributed by atoms with Crippen molar-refractivity contribution in [2.45, 2.75) is 50.2 Å². The van der Waals surface area contributed by atoms with E-state index in [9.17, 15) is 4.79 Å². The minimum absolute atomic E-state index is 0.267. The number of aromatic nitrogens is 3. The molecule has 0 aliphatic heterocycles. The highest BCUT2D eigenvalue weighted by Crippen LogP contribution is 2.33. The van der Waals surface area contributed by atoms with Crippen molar-refractivity contribution in [3.63, 3.8) is 0 Å². The molecule has 2 heterocycles. The molecule has 1 saturated carbocycles. The zero-order valence-corrected chi connectivity index (χ0v) is 13.9. The van der Waals surface area contributed by atoms with Crippen LogP contribution in [0.2, 0.25) is 0 Å². The van der Waals surface area contributed by atoms with Crippen molar-refractivity contribution in [1.82, 2.24) is 14.5 Å². The smallest absolute Gasteiger partial charge is 0.355 e. The molecule has 22 heavy (non-hydrogen) atoms. The Labute approximate surface area is 134 Å². The van der Waals surface area contributed by atoms with Crippen LogP contribution in [0.1, 0.15) is 55.6 Å². The second-order valence-corrected chi connectivity index (χ2v) is 6.32. The molecule has 6 heteroatoms. The van der Waals surface area contributed by atoms with Crippen LogP contribution < -0.4 is 0 Å². The van der Waals surface area contributed by atoms with Gasteiger partial charge in [-0.2, -0.15) is 0 Å². The zero-order chi connectivity index (χ0) is 15.5. The maximum absolute atomic E-state index is 12.3. The van der Waals surface area contributed by atoms with Gasteiger partial charge in [0.1, 0.15) is 11.3 Å². The molecule has 0 bridgehead atoms. The van der Waals surface area contributed by atoms with Crippen molar-refractivity contribution in [3.05, 3.63) is 18.0 Å². The first-order chi connectivity index (χ1) is 10.7. The van der Waals surface area contributed by atoms with E-state index in [-0.39, 0.29) is 5.97 Å². The standard InChI is InChI=1S/C16H21N3O2S/c1-3-21-15(20)13-9-11-10-17-16(22-2)18-14(11)19(13)12-7-5-4-6-8-12/h9-10,12H,3-8H2,1-2H3. The Balaban J connectivity index is 2.13. The van der Waals surface area contributed by atoms with Gasteiger partial charge < -0.3 is 9.30 Å². The molecule has 1 aliphatic rings. The molecule has 2 aromatic rings. The van der Waals surface area contributed by atoms with Gasteiger partial charge in [0, 0.05) is 17.6 Å². The third-order valence-electron chi connectivity index (χ3n) is 4.16. The van der Waals surface area contributed by atoms with Crippen molar-refractivity contribution >= 4 is 28.8 Å². The van der Waals surface area contributed by atoms with Crippen molar-refractivity contribution in [2.75, 3.05) is 12.9 Å². The molecule has 1 aliphatic carbocycles. The highest BCUT2D eigenvalue weighted by atomic mass is 32.2. The number of rotatable bonds is 4. The maximum Gasteiger partial charge on any atom is 0.355 e. The van der Waals surface area contributed by atoms with Gasteiger partial charge >= 0.3 is 5.97 Å². The molecule has 0 amide bonds. The zero-order valence-electron chi connectivity index (χ0n) is 13.0. The highest BCUT2D eigenvalue weighted by molar-refractivity contribution is 7.98. The summed E-state index contributed by atoms with van der Waals surface area (Å²) in [6.07, 6.45) is 9.62. The van der Waals surface area contributed by atoms with Crippen LogP contribution in [0.5, 0.6) is 0 Å². The molecule has 0 atom stereocenters. The van der Waals surface area contributed by atoms with Crippen LogP contribution in [-0.2, 0) is 4.74 Å². The number of thioether (sulfide) groups is 1. The first kappa shape index (κ1) is 15.3. The summed E-state index contributed by atoms with van der Waals surface area (Å²) < 4.78 is 7.32. The lowest BCUT2D eigenvalue weighted by atomic mass is 9.95. The lowest BCUT2D eigenvalue weighted by Crippen LogP contribution is -2.19. The largest absolute Gasteiger partial charge is 0.461 e. The van der Waals surface area contributed by atoms with Crippen LogP contribution in [0, 0.1) is 0 Å². The van der Waals surface area contributed by atoms with E-state index in [0.29, 0.717) is 18.3 Å². The number of ether oxygens (including phenoxy) is 1. The van der Waals surface area contributed by atoms with Crippen molar-refractivity contribution in [2.24, 2.45) is 0 Å². The van der Waals surface area contributed by atoms with Gasteiger partial charge in [-0.05, 0) is 32.1 Å². The van der Waals surface area contributed by atoms with Gasteiger partial charge in [-0.25, -0.2) is 14.8 Å². The van der Waals surface area contributed by atoms with E-state index in [1.165, 1.54) is 31.0 Å². The number of fused-ring (bicyclic) bond motifs is 1. The molecule has 118 valence electrons. The van der Waals surface area contributed by atoms with Crippen LogP contribution in [-0.4, -0.2) is 33.4 Å². The molecule has 0 aromatic carbocycles. The van der Waals surface area contributed by atoms with E-state index in [1.54, 1.807) is 6.20 Å². The third kappa shape index (κ3) is 2.84. The Morgan fingerprint density at radius 1 is 1.41 bits per heavy atom. The average molecular weight is 319 g/mol. The fraction of sp³-hybridized carbons (Fsp3) is 0.562. The molecule has 0 radical (unpaired) electrons. The van der Waals surface area contributed by atoms with Crippen LogP contribution in [0.15, 0.2) is 17.4 Å². The van der Waals surface area contributed by atoms with Gasteiger partial charge in [-0.3, -0.25) is 0 Å². The summed E-state index contributed by atoms with van der Waals surface area (Å²) in [5, 5.41) is 1.64. The Bertz CT molecular complexity index is 677. The normalized spacial score (nSPS) is 16.1. The average Bonchev–Trinajstić information content (AvgIpc) is 2.94. The Kier molecular flexibility index (Phi) is 4.66. The second-order valence-electron chi connectivity index (χ2n) is 5.55. The summed E-state index contributed by atoms with van der Waals surface area (Å²) in [4.78, 5) is 21.3. The fourth-order valence-electron chi connectivity index (χ4n) is 3.16. The number of hydrogen-bond donors (Lipinski definition) is 0. The lowest BCUT2D eigenvalue weighted by molar-refractivity contribution is 0.0510. The summed E-state index contributed by atoms with van der Waals surface area (Å²) >= 11 is 1.52. The minimum atomic E-state index is -0.267. The van der Waals surface area contributed by atoms with E-state index in [1.807, 2.05) is 19.2 Å². The summed E-state index contributed by atoms with van der Waals surface area (Å²) in [5.41, 5.74) is 1.46. The molecule has 0 unspecified atom stereocenters. The predicted molar refractivity (Wildman–Crippen MR) is 87.4 cm³/mol. The Morgan fingerprint density at radius 3 is 2.86 bits per heavy atom. The summed E-state index contributed by atoms with van der Waals surface area (Å²) in [6, 6.07) is 2.20. The number of carbonyl (C=O) groups is 1. The molecule has 5 nitrogen and oxygen atoms in total. The Hall–Kier alpha value is -1.56. The van der Waals surface area contributed by atoms with Crippen LogP contribution in [0.3, 0.4) is 0 Å². The van der Waals surface area contributed by atoms with Gasteiger partial charge in [-0.15, -0.1) is 0 Å². The topological polar surface area (TPSA) is 57.0 Å². The lowest BCUT2D eigenvalue weighted by Gasteiger charge is -2.25. The van der Waals surface area contributed by atoms with Crippen molar-refractivity contribution in [3.8, 4) is 0 Å². The minimum Gasteiger partial charge on any atom is -0.461 e. The second kappa shape index (κ2) is 6.69. The summed E-state index contributed by atoms with van der Waals surface area (Å²) in [7, 11) is 0. The molecule has 0 spiro atoms. The van der Waals surface area contributed by atoms with E-state index >= 15 is 0 Å². The van der Waals surface area contributed by atoms with Crippen LogP contribution in [0.4, 0.5) is 0 Å². The number of hydrogen-bond acceptors (Lipinski definition) is 5. The van der Waals surface area contributed by atoms with Gasteiger partial charge in [0.05, 0.1) is 6.61 Å². The first-order valence-corrected chi connectivity index (χ1v) is 9.06. The molecule has 0 N–H and O–H groups in total. The van der Waals surface area contributed by atoms with E-state index < -0.39 is 0 Å². The predicted octanol–water partition coefficient (Wildman–Crippen LogP) is 3.84. The van der Waals surface area contributed by atoms with Crippen molar-refractivity contribution < 1.29 is 9.53 Å². The Morgan fingerprint density at radius 2 is 2.18 bits per heavy atom. The maximum atomic E-state index is 12.3. The summed E-state index contributed by atoms with van der Waals surface area (Å²) in [6.45, 7) is 2.21. The van der Waals surface area contributed by atoms with Gasteiger partial charge in [0.25, 0.3) is 0 Å². The SMILES string of the molecule is CCOC(=O)c1cc2cnc(SC)nc2n1C1CCCCC1. The first-order valence-electron chi connectivity index (χ1n) is 7.83. The van der Waals surface area contributed by atoms with Gasteiger partial charge in [-0.1, -0.05) is 31.0 Å². The molecule has 1 fully saturated rings. The monoisotopic (exact) mass is 319 g/mol. The van der Waals surface area contributed by atoms with E-state index in [4.69, 9.17) is 4.74 Å². The molecular formula is C16H21N3O2S. The number of esters is 1. The molecule has 3 rings (SSSR count). The highest BCUT2D eigenvalue weighted by Gasteiger charge is 2.25. The van der Waals surface area contributed by atoms with Gasteiger partial charge in [0.2, 0.25) is 0 Å². The molecule has 2 aromatic heterocycles. The number of nitrogens with zero attached hydrogens (tertiary/aromatic N) is 3. The summed E-state index contributed by atoms with van der Waals surface area (Å²) in [5.74, 6) is -0.267. The number of carbonyl (C=O) groups excluding carboxylic acids is 1. The molecular weight excluding hydrogens is 298 g/mol. The quantitative estimate of drug-likeness (QED) is 0.487. The van der Waals surface area contributed by atoms with E-state index in [0.717, 1.165) is 29.0 Å². The van der Waals surface area contributed by atoms with Gasteiger partial charge in [0.15, 0.2) is 5.16 Å². The fourth-order valence-corrected chi connectivity index (χ4v) is 3.50. The van der Waals surface area contributed by atoms with Crippen LogP contribution in [0.25, 0.3) is 11.0 Å².